The summed E-state index contributed by atoms with van der Waals surface area (Å²) in [4.78, 5) is 2.49. The highest BCUT2D eigenvalue weighted by Gasteiger charge is 2.33. The number of piperidine rings is 1. The summed E-state index contributed by atoms with van der Waals surface area (Å²) in [5.74, 6) is 0. The van der Waals surface area contributed by atoms with E-state index in [4.69, 9.17) is 0 Å². The van der Waals surface area contributed by atoms with Crippen molar-refractivity contribution in [1.29, 1.82) is 5.26 Å². The Morgan fingerprint density at radius 3 is 2.80 bits per heavy atom. The van der Waals surface area contributed by atoms with Crippen LogP contribution in [0.4, 0.5) is 0 Å². The molecular weight excluding hydrogens is 284 g/mol. The number of thioether (sulfide) groups is 1. The van der Waals surface area contributed by atoms with Gasteiger partial charge in [-0.1, -0.05) is 18.2 Å². The fourth-order valence-corrected chi connectivity index (χ4v) is 4.47. The van der Waals surface area contributed by atoms with E-state index in [1.165, 1.54) is 15.6 Å². The Hall–Kier alpha value is -1.02. The Balaban J connectivity index is 1.70. The van der Waals surface area contributed by atoms with E-state index in [1.807, 2.05) is 11.3 Å². The number of benzene rings is 1. The predicted octanol–water partition coefficient (Wildman–Crippen LogP) is 4.12. The van der Waals surface area contributed by atoms with Crippen molar-refractivity contribution in [2.45, 2.75) is 24.1 Å². The van der Waals surface area contributed by atoms with Gasteiger partial charge >= 0.3 is 0 Å². The molecule has 2 nitrogen and oxygen atoms in total. The SMILES string of the molecule is CSC1(C#N)CCN(Cc2csc3ccccc23)CC1. The molecule has 1 saturated heterocycles. The Labute approximate surface area is 128 Å². The third-order valence-corrected chi connectivity index (χ3v) is 6.51. The molecule has 104 valence electrons. The second kappa shape index (κ2) is 5.77. The number of hydrogen-bond acceptors (Lipinski definition) is 4. The smallest absolute Gasteiger partial charge is 0.104 e. The summed E-state index contributed by atoms with van der Waals surface area (Å²) < 4.78 is 1.22. The van der Waals surface area contributed by atoms with Gasteiger partial charge in [-0.2, -0.15) is 5.26 Å². The van der Waals surface area contributed by atoms with Crippen LogP contribution in [0.25, 0.3) is 10.1 Å². The molecule has 0 atom stereocenters. The zero-order valence-corrected chi connectivity index (χ0v) is 13.3. The Morgan fingerprint density at radius 2 is 2.10 bits per heavy atom. The topological polar surface area (TPSA) is 27.0 Å². The molecule has 1 aromatic heterocycles. The highest BCUT2D eigenvalue weighted by molar-refractivity contribution is 8.00. The summed E-state index contributed by atoms with van der Waals surface area (Å²) in [5, 5.41) is 13.0. The highest BCUT2D eigenvalue weighted by atomic mass is 32.2. The zero-order valence-electron chi connectivity index (χ0n) is 11.6. The molecule has 0 N–H and O–H groups in total. The van der Waals surface area contributed by atoms with E-state index in [2.05, 4.69) is 46.9 Å². The number of likely N-dealkylation sites (tertiary alicyclic amines) is 1. The number of hydrogen-bond donors (Lipinski definition) is 0. The van der Waals surface area contributed by atoms with Gasteiger partial charge in [0.05, 0.1) is 6.07 Å². The van der Waals surface area contributed by atoms with Crippen LogP contribution in [0.3, 0.4) is 0 Å². The van der Waals surface area contributed by atoms with Crippen LogP contribution in [0.5, 0.6) is 0 Å². The molecule has 1 aliphatic heterocycles. The van der Waals surface area contributed by atoms with Gasteiger partial charge in [-0.05, 0) is 41.5 Å². The van der Waals surface area contributed by atoms with Crippen molar-refractivity contribution in [2.24, 2.45) is 0 Å². The standard InChI is InChI=1S/C16H18N2S2/c1-19-16(12-17)6-8-18(9-7-16)10-13-11-20-15-5-3-2-4-14(13)15/h2-5,11H,6-10H2,1H3. The second-order valence-corrected chi connectivity index (χ2v) is 7.44. The Morgan fingerprint density at radius 1 is 1.35 bits per heavy atom. The molecule has 2 heterocycles. The van der Waals surface area contributed by atoms with E-state index in [9.17, 15) is 5.26 Å². The van der Waals surface area contributed by atoms with Crippen LogP contribution in [0.2, 0.25) is 0 Å². The molecule has 20 heavy (non-hydrogen) atoms. The molecule has 1 aliphatic rings. The maximum Gasteiger partial charge on any atom is 0.104 e. The molecule has 0 spiro atoms. The first kappa shape index (κ1) is 13.9. The van der Waals surface area contributed by atoms with Gasteiger partial charge in [0, 0.05) is 24.3 Å². The van der Waals surface area contributed by atoms with Gasteiger partial charge in [-0.15, -0.1) is 23.1 Å². The molecule has 0 unspecified atom stereocenters. The fraction of sp³-hybridized carbons (Fsp3) is 0.438. The molecule has 0 radical (unpaired) electrons. The molecule has 1 aromatic carbocycles. The van der Waals surface area contributed by atoms with E-state index >= 15 is 0 Å². The van der Waals surface area contributed by atoms with Crippen LogP contribution in [-0.4, -0.2) is 29.0 Å². The van der Waals surface area contributed by atoms with Gasteiger partial charge in [0.25, 0.3) is 0 Å². The minimum absolute atomic E-state index is 0.146. The number of rotatable bonds is 3. The number of nitriles is 1. The average Bonchev–Trinajstić information content (AvgIpc) is 2.92. The molecule has 0 aliphatic carbocycles. The summed E-state index contributed by atoms with van der Waals surface area (Å²) in [6, 6.07) is 11.1. The van der Waals surface area contributed by atoms with Gasteiger partial charge in [0.1, 0.15) is 4.75 Å². The summed E-state index contributed by atoms with van der Waals surface area (Å²) >= 11 is 3.55. The largest absolute Gasteiger partial charge is 0.299 e. The number of nitrogens with zero attached hydrogens (tertiary/aromatic N) is 2. The van der Waals surface area contributed by atoms with Crippen LogP contribution >= 0.6 is 23.1 Å². The first-order chi connectivity index (χ1) is 9.76. The normalized spacial score (nSPS) is 19.0. The second-order valence-electron chi connectivity index (χ2n) is 5.34. The van der Waals surface area contributed by atoms with Crippen molar-refractivity contribution in [3.63, 3.8) is 0 Å². The van der Waals surface area contributed by atoms with Gasteiger partial charge in [-0.25, -0.2) is 0 Å². The quantitative estimate of drug-likeness (QED) is 0.853. The Kier molecular flexibility index (Phi) is 4.02. The summed E-state index contributed by atoms with van der Waals surface area (Å²) in [6.07, 6.45) is 4.02. The summed E-state index contributed by atoms with van der Waals surface area (Å²) in [7, 11) is 0. The van der Waals surface area contributed by atoms with E-state index in [0.717, 1.165) is 32.5 Å². The van der Waals surface area contributed by atoms with Crippen molar-refractivity contribution >= 4 is 33.2 Å². The molecule has 3 rings (SSSR count). The van der Waals surface area contributed by atoms with Gasteiger partial charge in [-0.3, -0.25) is 4.90 Å². The molecule has 2 aromatic rings. The van der Waals surface area contributed by atoms with E-state index < -0.39 is 0 Å². The maximum absolute atomic E-state index is 9.34. The lowest BCUT2D eigenvalue weighted by atomic mass is 9.97. The zero-order chi connectivity index (χ0) is 14.0. The van der Waals surface area contributed by atoms with Crippen molar-refractivity contribution < 1.29 is 0 Å². The van der Waals surface area contributed by atoms with Crippen molar-refractivity contribution in [3.8, 4) is 6.07 Å². The highest BCUT2D eigenvalue weighted by Crippen LogP contribution is 2.35. The number of thiophene rings is 1. The predicted molar refractivity (Wildman–Crippen MR) is 88.2 cm³/mol. The van der Waals surface area contributed by atoms with Crippen molar-refractivity contribution in [3.05, 3.63) is 35.2 Å². The number of fused-ring (bicyclic) bond motifs is 1. The monoisotopic (exact) mass is 302 g/mol. The van der Waals surface area contributed by atoms with Crippen LogP contribution in [0, 0.1) is 11.3 Å². The minimum atomic E-state index is -0.146. The minimum Gasteiger partial charge on any atom is -0.299 e. The molecular formula is C16H18N2S2. The van der Waals surface area contributed by atoms with Crippen LogP contribution in [0.15, 0.2) is 29.6 Å². The lowest BCUT2D eigenvalue weighted by molar-refractivity contribution is 0.210. The van der Waals surface area contributed by atoms with Gasteiger partial charge in [0.15, 0.2) is 0 Å². The van der Waals surface area contributed by atoms with E-state index in [1.54, 1.807) is 11.8 Å². The van der Waals surface area contributed by atoms with Gasteiger partial charge in [0.2, 0.25) is 0 Å². The lowest BCUT2D eigenvalue weighted by Crippen LogP contribution is -2.41. The van der Waals surface area contributed by atoms with Gasteiger partial charge < -0.3 is 0 Å². The summed E-state index contributed by atoms with van der Waals surface area (Å²) in [6.45, 7) is 3.07. The van der Waals surface area contributed by atoms with E-state index in [0.29, 0.717) is 0 Å². The molecule has 0 saturated carbocycles. The molecule has 0 amide bonds. The first-order valence-corrected chi connectivity index (χ1v) is 9.01. The molecule has 0 bridgehead atoms. The third kappa shape index (κ3) is 2.58. The fourth-order valence-electron chi connectivity index (χ4n) is 2.83. The lowest BCUT2D eigenvalue weighted by Gasteiger charge is -2.36. The van der Waals surface area contributed by atoms with Crippen LogP contribution in [-0.2, 0) is 6.54 Å². The Bertz CT molecular complexity index is 633. The van der Waals surface area contributed by atoms with Crippen molar-refractivity contribution in [2.75, 3.05) is 19.3 Å². The van der Waals surface area contributed by atoms with Crippen molar-refractivity contribution in [1.82, 2.24) is 4.90 Å². The van der Waals surface area contributed by atoms with E-state index in [-0.39, 0.29) is 4.75 Å². The third-order valence-electron chi connectivity index (χ3n) is 4.21. The molecule has 4 heteroatoms. The maximum atomic E-state index is 9.34. The van der Waals surface area contributed by atoms with Crippen LogP contribution < -0.4 is 0 Å². The molecule has 1 fully saturated rings. The van der Waals surface area contributed by atoms with Crippen LogP contribution in [0.1, 0.15) is 18.4 Å². The first-order valence-electron chi connectivity index (χ1n) is 6.90. The average molecular weight is 302 g/mol. The summed E-state index contributed by atoms with van der Waals surface area (Å²) in [5.41, 5.74) is 1.43.